The van der Waals surface area contributed by atoms with E-state index in [4.69, 9.17) is 9.26 Å². The second kappa shape index (κ2) is 16.1. The largest absolute Gasteiger partial charge is 0.493 e. The zero-order valence-electron chi connectivity index (χ0n) is 23.0. The van der Waals surface area contributed by atoms with Crippen molar-refractivity contribution >= 4 is 35.8 Å². The SMILES string of the molecule is CNC.Cc1c(OCC2CC2)ccc2c(CCC3CCN(CC4CCCCC4CO)CC3)noc12.Cl.Cl. The lowest BCUT2D eigenvalue weighted by molar-refractivity contribution is 0.0826. The minimum absolute atomic E-state index is 0. The topological polar surface area (TPSA) is 70.8 Å². The number of nitrogens with zero attached hydrogens (tertiary/aromatic N) is 2. The Morgan fingerprint density at radius 2 is 1.68 bits per heavy atom. The Balaban J connectivity index is 0.000000919. The van der Waals surface area contributed by atoms with Crippen LogP contribution in [0.25, 0.3) is 11.0 Å². The minimum atomic E-state index is 0. The number of hydrogen-bond acceptors (Lipinski definition) is 6. The Kier molecular flexibility index (Phi) is 14.0. The first kappa shape index (κ1) is 32.2. The Hall–Kier alpha value is -1.05. The van der Waals surface area contributed by atoms with Crippen molar-refractivity contribution in [1.29, 1.82) is 0 Å². The van der Waals surface area contributed by atoms with E-state index in [9.17, 15) is 5.11 Å². The molecule has 2 heterocycles. The Morgan fingerprint density at radius 3 is 2.32 bits per heavy atom. The van der Waals surface area contributed by atoms with Gasteiger partial charge in [-0.15, -0.1) is 24.8 Å². The van der Waals surface area contributed by atoms with Crippen molar-refractivity contribution < 1.29 is 14.4 Å². The zero-order valence-corrected chi connectivity index (χ0v) is 24.7. The van der Waals surface area contributed by atoms with Gasteiger partial charge in [0.25, 0.3) is 0 Å². The fraction of sp³-hybridized carbons (Fsp3) is 0.759. The van der Waals surface area contributed by atoms with Crippen molar-refractivity contribution in [1.82, 2.24) is 15.4 Å². The number of aryl methyl sites for hydroxylation is 2. The molecule has 2 aromatic rings. The lowest BCUT2D eigenvalue weighted by Gasteiger charge is -2.38. The highest BCUT2D eigenvalue weighted by Crippen LogP contribution is 2.35. The third-order valence-electron chi connectivity index (χ3n) is 8.38. The molecular formula is C29H49Cl2N3O3. The third kappa shape index (κ3) is 8.99. The number of aliphatic hydroxyl groups excluding tert-OH is 1. The first-order valence-electron chi connectivity index (χ1n) is 14.0. The van der Waals surface area contributed by atoms with E-state index >= 15 is 0 Å². The highest BCUT2D eigenvalue weighted by molar-refractivity contribution is 5.86. The summed E-state index contributed by atoms with van der Waals surface area (Å²) >= 11 is 0. The van der Waals surface area contributed by atoms with Gasteiger partial charge >= 0.3 is 0 Å². The summed E-state index contributed by atoms with van der Waals surface area (Å²) in [5.41, 5.74) is 3.08. The summed E-state index contributed by atoms with van der Waals surface area (Å²) < 4.78 is 11.8. The maximum Gasteiger partial charge on any atom is 0.173 e. The van der Waals surface area contributed by atoms with Crippen molar-refractivity contribution in [3.63, 3.8) is 0 Å². The zero-order chi connectivity index (χ0) is 24.6. The van der Waals surface area contributed by atoms with E-state index in [1.54, 1.807) is 0 Å². The van der Waals surface area contributed by atoms with Gasteiger partial charge in [-0.05, 0) is 121 Å². The normalized spacial score (nSPS) is 22.5. The molecule has 2 aliphatic carbocycles. The molecule has 2 atom stereocenters. The molecule has 3 fully saturated rings. The van der Waals surface area contributed by atoms with Gasteiger partial charge in [0.05, 0.1) is 12.3 Å². The van der Waals surface area contributed by atoms with Gasteiger partial charge in [0, 0.05) is 24.1 Å². The number of nitrogens with one attached hydrogen (secondary N) is 1. The third-order valence-corrected chi connectivity index (χ3v) is 8.38. The number of ether oxygens (including phenoxy) is 1. The number of hydrogen-bond donors (Lipinski definition) is 2. The van der Waals surface area contributed by atoms with Crippen LogP contribution in [-0.4, -0.2) is 62.1 Å². The fourth-order valence-corrected chi connectivity index (χ4v) is 5.89. The number of aromatic nitrogens is 1. The van der Waals surface area contributed by atoms with Crippen LogP contribution in [0.3, 0.4) is 0 Å². The average molecular weight is 559 g/mol. The molecule has 0 amide bonds. The molecule has 212 valence electrons. The van der Waals surface area contributed by atoms with Crippen LogP contribution in [-0.2, 0) is 6.42 Å². The van der Waals surface area contributed by atoms with Crippen LogP contribution in [0.15, 0.2) is 16.7 Å². The maximum absolute atomic E-state index is 9.71. The van der Waals surface area contributed by atoms with E-state index < -0.39 is 0 Å². The van der Waals surface area contributed by atoms with Gasteiger partial charge in [-0.1, -0.05) is 18.0 Å². The van der Waals surface area contributed by atoms with Crippen LogP contribution < -0.4 is 10.1 Å². The van der Waals surface area contributed by atoms with Crippen molar-refractivity contribution in [2.75, 3.05) is 46.9 Å². The standard InChI is InChI=1S/C27H40N2O3.C2H7N.2ClH/c1-19-26(31-18-21-6-7-21)11-9-24-25(28-32-27(19)24)10-8-20-12-14-29(15-13-20)16-22-4-2-3-5-23(22)17-30;1-3-2;;/h9,11,20-23,30H,2-8,10,12-18H2,1H3;3H,1-2H3;2*1H. The predicted molar refractivity (Wildman–Crippen MR) is 156 cm³/mol. The van der Waals surface area contributed by atoms with E-state index in [-0.39, 0.29) is 24.8 Å². The Morgan fingerprint density at radius 1 is 1.00 bits per heavy atom. The summed E-state index contributed by atoms with van der Waals surface area (Å²) in [6.07, 6.45) is 12.5. The summed E-state index contributed by atoms with van der Waals surface area (Å²) in [6.45, 7) is 6.90. The van der Waals surface area contributed by atoms with Crippen LogP contribution in [0, 0.1) is 30.6 Å². The summed E-state index contributed by atoms with van der Waals surface area (Å²) in [5.74, 6) is 3.71. The number of halogens is 2. The molecule has 1 aliphatic heterocycles. The van der Waals surface area contributed by atoms with Gasteiger partial charge in [-0.3, -0.25) is 0 Å². The summed E-state index contributed by atoms with van der Waals surface area (Å²) in [4.78, 5) is 2.66. The van der Waals surface area contributed by atoms with Gasteiger partial charge in [0.1, 0.15) is 5.75 Å². The molecule has 3 aliphatic rings. The number of benzene rings is 1. The fourth-order valence-electron chi connectivity index (χ4n) is 5.89. The first-order chi connectivity index (χ1) is 17.1. The smallest absolute Gasteiger partial charge is 0.173 e. The van der Waals surface area contributed by atoms with Gasteiger partial charge in [-0.2, -0.15) is 0 Å². The molecule has 2 unspecified atom stereocenters. The molecular weight excluding hydrogens is 509 g/mol. The quantitative estimate of drug-likeness (QED) is 0.391. The summed E-state index contributed by atoms with van der Waals surface area (Å²) in [6, 6.07) is 4.24. The van der Waals surface area contributed by atoms with Crippen molar-refractivity contribution in [3.8, 4) is 5.75 Å². The molecule has 0 bridgehead atoms. The van der Waals surface area contributed by atoms with E-state index in [1.807, 2.05) is 14.1 Å². The Labute approximate surface area is 236 Å². The van der Waals surface area contributed by atoms with Crippen molar-refractivity contribution in [3.05, 3.63) is 23.4 Å². The predicted octanol–water partition coefficient (Wildman–Crippen LogP) is 6.05. The van der Waals surface area contributed by atoms with Crippen LogP contribution in [0.1, 0.15) is 69.0 Å². The molecule has 1 aromatic carbocycles. The van der Waals surface area contributed by atoms with Crippen LogP contribution in [0.4, 0.5) is 0 Å². The first-order valence-corrected chi connectivity index (χ1v) is 14.0. The lowest BCUT2D eigenvalue weighted by atomic mass is 9.79. The van der Waals surface area contributed by atoms with Gasteiger partial charge < -0.3 is 24.6 Å². The van der Waals surface area contributed by atoms with Crippen molar-refractivity contribution in [2.24, 2.45) is 23.7 Å². The molecule has 8 heteroatoms. The van der Waals surface area contributed by atoms with E-state index in [1.165, 1.54) is 77.4 Å². The number of likely N-dealkylation sites (tertiary alicyclic amines) is 1. The van der Waals surface area contributed by atoms with E-state index in [0.717, 1.165) is 52.8 Å². The van der Waals surface area contributed by atoms with Crippen LogP contribution >= 0.6 is 24.8 Å². The second-order valence-electron chi connectivity index (χ2n) is 11.2. The molecule has 5 rings (SSSR count). The number of rotatable bonds is 9. The van der Waals surface area contributed by atoms with Crippen LogP contribution in [0.5, 0.6) is 5.75 Å². The lowest BCUT2D eigenvalue weighted by Crippen LogP contribution is -2.40. The monoisotopic (exact) mass is 557 g/mol. The van der Waals surface area contributed by atoms with Gasteiger partial charge in [-0.25, -0.2) is 0 Å². The highest BCUT2D eigenvalue weighted by Gasteiger charge is 2.28. The number of aliphatic hydroxyl groups is 1. The van der Waals surface area contributed by atoms with Crippen LogP contribution in [0.2, 0.25) is 0 Å². The summed E-state index contributed by atoms with van der Waals surface area (Å²) in [5, 5.41) is 18.1. The molecule has 6 nitrogen and oxygen atoms in total. The maximum atomic E-state index is 9.71. The van der Waals surface area contributed by atoms with Gasteiger partial charge in [0.15, 0.2) is 5.58 Å². The second-order valence-corrected chi connectivity index (χ2v) is 11.2. The molecule has 37 heavy (non-hydrogen) atoms. The van der Waals surface area contributed by atoms with Gasteiger partial charge in [0.2, 0.25) is 0 Å². The minimum Gasteiger partial charge on any atom is -0.493 e. The van der Waals surface area contributed by atoms with E-state index in [2.05, 4.69) is 34.4 Å². The number of fused-ring (bicyclic) bond motifs is 1. The van der Waals surface area contributed by atoms with Crippen molar-refractivity contribution in [2.45, 2.75) is 71.1 Å². The van der Waals surface area contributed by atoms with E-state index in [0.29, 0.717) is 18.4 Å². The molecule has 2 N–H and O–H groups in total. The number of piperidine rings is 1. The Bertz CT molecular complexity index is 913. The molecule has 0 spiro atoms. The molecule has 2 saturated carbocycles. The average Bonchev–Trinajstić information content (AvgIpc) is 3.62. The highest BCUT2D eigenvalue weighted by atomic mass is 35.5. The summed E-state index contributed by atoms with van der Waals surface area (Å²) in [7, 11) is 3.75. The molecule has 1 saturated heterocycles. The molecule has 0 radical (unpaired) electrons. The molecule has 1 aromatic heterocycles.